The fraction of sp³-hybridized carbons (Fsp3) is 0.182. The number of nitrogens with zero attached hydrogens (tertiary/aromatic N) is 2. The molecular formula is C11H11BrClN3O. The van der Waals surface area contributed by atoms with E-state index in [1.807, 2.05) is 18.2 Å². The second kappa shape index (κ2) is 4.98. The lowest BCUT2D eigenvalue weighted by Gasteiger charge is -2.07. The van der Waals surface area contributed by atoms with Gasteiger partial charge in [0.25, 0.3) is 0 Å². The Morgan fingerprint density at radius 1 is 1.53 bits per heavy atom. The number of anilines is 1. The monoisotopic (exact) mass is 315 g/mol. The third-order valence-electron chi connectivity index (χ3n) is 2.38. The highest BCUT2D eigenvalue weighted by atomic mass is 79.9. The van der Waals surface area contributed by atoms with E-state index in [1.54, 1.807) is 11.8 Å². The normalized spacial score (nSPS) is 10.5. The number of methoxy groups -OCH3 is 1. The molecule has 90 valence electrons. The summed E-state index contributed by atoms with van der Waals surface area (Å²) in [4.78, 5) is 0. The summed E-state index contributed by atoms with van der Waals surface area (Å²) in [5, 5.41) is 4.57. The van der Waals surface area contributed by atoms with Crippen LogP contribution in [0, 0.1) is 0 Å². The fourth-order valence-electron chi connectivity index (χ4n) is 1.48. The standard InChI is InChI=1S/C11H11BrClN3O/c1-17-10-3-2-7(4-8(10)12)6-16-11(14)9(13)5-15-16/h2-5H,6,14H2,1H3. The highest BCUT2D eigenvalue weighted by Crippen LogP contribution is 2.26. The maximum atomic E-state index is 5.84. The number of benzene rings is 1. The molecule has 2 rings (SSSR count). The number of nitrogen functional groups attached to an aromatic ring is 1. The van der Waals surface area contributed by atoms with Gasteiger partial charge < -0.3 is 10.5 Å². The maximum absolute atomic E-state index is 5.84. The molecular weight excluding hydrogens is 305 g/mol. The number of hydrogen-bond donors (Lipinski definition) is 1. The molecule has 0 aliphatic heterocycles. The highest BCUT2D eigenvalue weighted by molar-refractivity contribution is 9.10. The van der Waals surface area contributed by atoms with Gasteiger partial charge in [-0.15, -0.1) is 0 Å². The number of hydrogen-bond acceptors (Lipinski definition) is 3. The summed E-state index contributed by atoms with van der Waals surface area (Å²) in [6.45, 7) is 0.571. The molecule has 0 radical (unpaired) electrons. The van der Waals surface area contributed by atoms with Gasteiger partial charge in [-0.05, 0) is 33.6 Å². The lowest BCUT2D eigenvalue weighted by Crippen LogP contribution is -2.05. The van der Waals surface area contributed by atoms with Crippen LogP contribution in [-0.4, -0.2) is 16.9 Å². The van der Waals surface area contributed by atoms with Crippen LogP contribution in [0.5, 0.6) is 5.75 Å². The summed E-state index contributed by atoms with van der Waals surface area (Å²) < 4.78 is 7.71. The SMILES string of the molecule is COc1ccc(Cn2ncc(Cl)c2N)cc1Br. The third-order valence-corrected chi connectivity index (χ3v) is 3.29. The van der Waals surface area contributed by atoms with Gasteiger partial charge >= 0.3 is 0 Å². The molecule has 0 aliphatic rings. The third kappa shape index (κ3) is 2.56. The molecule has 0 unspecified atom stereocenters. The Balaban J connectivity index is 2.25. The van der Waals surface area contributed by atoms with Gasteiger partial charge in [0.1, 0.15) is 16.6 Å². The van der Waals surface area contributed by atoms with Crippen molar-refractivity contribution < 1.29 is 4.74 Å². The number of rotatable bonds is 3. The van der Waals surface area contributed by atoms with E-state index in [0.717, 1.165) is 15.8 Å². The maximum Gasteiger partial charge on any atom is 0.140 e. The van der Waals surface area contributed by atoms with Crippen LogP contribution in [0.4, 0.5) is 5.82 Å². The molecule has 0 atom stereocenters. The van der Waals surface area contributed by atoms with Crippen LogP contribution < -0.4 is 10.5 Å². The molecule has 0 saturated carbocycles. The Hall–Kier alpha value is -1.20. The second-order valence-electron chi connectivity index (χ2n) is 3.50. The van der Waals surface area contributed by atoms with Gasteiger partial charge in [-0.2, -0.15) is 5.10 Å². The number of ether oxygens (including phenoxy) is 1. The molecule has 17 heavy (non-hydrogen) atoms. The van der Waals surface area contributed by atoms with Gasteiger partial charge in [-0.25, -0.2) is 4.68 Å². The Morgan fingerprint density at radius 2 is 2.29 bits per heavy atom. The van der Waals surface area contributed by atoms with Crippen LogP contribution in [0.25, 0.3) is 0 Å². The summed E-state index contributed by atoms with van der Waals surface area (Å²) in [6.07, 6.45) is 1.54. The van der Waals surface area contributed by atoms with Crippen molar-refractivity contribution in [3.63, 3.8) is 0 Å². The predicted octanol–water partition coefficient (Wildman–Crippen LogP) is 2.94. The average molecular weight is 317 g/mol. The molecule has 0 saturated heterocycles. The largest absolute Gasteiger partial charge is 0.496 e. The Bertz CT molecular complexity index is 542. The lowest BCUT2D eigenvalue weighted by atomic mass is 10.2. The minimum atomic E-state index is 0.470. The van der Waals surface area contributed by atoms with Crippen molar-refractivity contribution >= 4 is 33.3 Å². The Kier molecular flexibility index (Phi) is 3.59. The Labute approximate surface area is 112 Å². The number of aromatic nitrogens is 2. The van der Waals surface area contributed by atoms with E-state index in [4.69, 9.17) is 22.1 Å². The van der Waals surface area contributed by atoms with Crippen molar-refractivity contribution in [2.24, 2.45) is 0 Å². The average Bonchev–Trinajstić information content (AvgIpc) is 2.61. The van der Waals surface area contributed by atoms with Gasteiger partial charge in [-0.3, -0.25) is 0 Å². The number of halogens is 2. The van der Waals surface area contributed by atoms with Crippen molar-refractivity contribution in [2.45, 2.75) is 6.54 Å². The van der Waals surface area contributed by atoms with Gasteiger partial charge in [0.2, 0.25) is 0 Å². The van der Waals surface area contributed by atoms with Gasteiger partial charge in [0.15, 0.2) is 0 Å². The van der Waals surface area contributed by atoms with Gasteiger partial charge in [0.05, 0.1) is 24.3 Å². The van der Waals surface area contributed by atoms with Crippen molar-refractivity contribution in [1.29, 1.82) is 0 Å². The fourth-order valence-corrected chi connectivity index (χ4v) is 2.21. The molecule has 0 spiro atoms. The van der Waals surface area contributed by atoms with E-state index in [2.05, 4.69) is 21.0 Å². The summed E-state index contributed by atoms with van der Waals surface area (Å²) >= 11 is 9.27. The minimum Gasteiger partial charge on any atom is -0.496 e. The van der Waals surface area contributed by atoms with E-state index in [9.17, 15) is 0 Å². The van der Waals surface area contributed by atoms with E-state index in [1.165, 1.54) is 6.20 Å². The zero-order valence-corrected chi connectivity index (χ0v) is 11.5. The van der Waals surface area contributed by atoms with E-state index in [-0.39, 0.29) is 0 Å². The van der Waals surface area contributed by atoms with Crippen LogP contribution in [-0.2, 0) is 6.54 Å². The molecule has 4 nitrogen and oxygen atoms in total. The van der Waals surface area contributed by atoms with Crippen molar-refractivity contribution in [1.82, 2.24) is 9.78 Å². The minimum absolute atomic E-state index is 0.470. The van der Waals surface area contributed by atoms with E-state index in [0.29, 0.717) is 17.4 Å². The smallest absolute Gasteiger partial charge is 0.140 e. The first kappa shape index (κ1) is 12.3. The van der Waals surface area contributed by atoms with E-state index >= 15 is 0 Å². The van der Waals surface area contributed by atoms with Gasteiger partial charge in [0, 0.05) is 0 Å². The van der Waals surface area contributed by atoms with Crippen LogP contribution in [0.3, 0.4) is 0 Å². The first-order valence-electron chi connectivity index (χ1n) is 4.91. The highest BCUT2D eigenvalue weighted by Gasteiger charge is 2.07. The summed E-state index contributed by atoms with van der Waals surface area (Å²) in [5.41, 5.74) is 6.84. The molecule has 2 aromatic rings. The molecule has 0 bridgehead atoms. The summed E-state index contributed by atoms with van der Waals surface area (Å²) in [5.74, 6) is 1.26. The molecule has 0 amide bonds. The van der Waals surface area contributed by atoms with E-state index < -0.39 is 0 Å². The molecule has 1 heterocycles. The second-order valence-corrected chi connectivity index (χ2v) is 4.77. The topological polar surface area (TPSA) is 53.1 Å². The quantitative estimate of drug-likeness (QED) is 0.947. The van der Waals surface area contributed by atoms with Crippen LogP contribution in [0.1, 0.15) is 5.56 Å². The van der Waals surface area contributed by atoms with Crippen molar-refractivity contribution in [2.75, 3.05) is 12.8 Å². The zero-order valence-electron chi connectivity index (χ0n) is 9.15. The zero-order chi connectivity index (χ0) is 12.4. The lowest BCUT2D eigenvalue weighted by molar-refractivity contribution is 0.412. The van der Waals surface area contributed by atoms with Crippen LogP contribution in [0.15, 0.2) is 28.9 Å². The number of nitrogens with two attached hydrogens (primary N) is 1. The van der Waals surface area contributed by atoms with Crippen molar-refractivity contribution in [3.05, 3.63) is 39.5 Å². The van der Waals surface area contributed by atoms with Crippen LogP contribution >= 0.6 is 27.5 Å². The summed E-state index contributed by atoms with van der Waals surface area (Å²) in [7, 11) is 1.63. The first-order chi connectivity index (χ1) is 8.11. The van der Waals surface area contributed by atoms with Gasteiger partial charge in [-0.1, -0.05) is 17.7 Å². The molecule has 0 aliphatic carbocycles. The first-order valence-corrected chi connectivity index (χ1v) is 6.08. The van der Waals surface area contributed by atoms with Crippen LogP contribution in [0.2, 0.25) is 5.02 Å². The molecule has 1 aromatic carbocycles. The molecule has 6 heteroatoms. The molecule has 2 N–H and O–H groups in total. The molecule has 0 fully saturated rings. The summed E-state index contributed by atoms with van der Waals surface area (Å²) in [6, 6.07) is 5.81. The van der Waals surface area contributed by atoms with Crippen molar-refractivity contribution in [3.8, 4) is 5.75 Å². The Morgan fingerprint density at radius 3 is 2.82 bits per heavy atom. The predicted molar refractivity (Wildman–Crippen MR) is 71.4 cm³/mol. The molecule has 1 aromatic heterocycles.